The fourth-order valence-corrected chi connectivity index (χ4v) is 2.68. The second kappa shape index (κ2) is 4.72. The van der Waals surface area contributed by atoms with E-state index in [0.717, 1.165) is 19.4 Å². The zero-order valence-corrected chi connectivity index (χ0v) is 9.65. The van der Waals surface area contributed by atoms with Crippen LogP contribution in [0.25, 0.3) is 0 Å². The molecule has 2 unspecified atom stereocenters. The summed E-state index contributed by atoms with van der Waals surface area (Å²) in [4.78, 5) is 11.5. The number of nitrogens with two attached hydrogens (primary N) is 1. The van der Waals surface area contributed by atoms with E-state index in [4.69, 9.17) is 10.5 Å². The summed E-state index contributed by atoms with van der Waals surface area (Å²) in [7, 11) is 0. The Morgan fingerprint density at radius 2 is 2.00 bits per heavy atom. The van der Waals surface area contributed by atoms with Crippen molar-refractivity contribution in [3.05, 3.63) is 0 Å². The van der Waals surface area contributed by atoms with Crippen LogP contribution in [0.3, 0.4) is 0 Å². The fraction of sp³-hybridized carbons (Fsp3) is 0.917. The van der Waals surface area contributed by atoms with Crippen LogP contribution in [0.2, 0.25) is 0 Å². The second-order valence-electron chi connectivity index (χ2n) is 5.37. The molecular formula is C12H21NO3. The van der Waals surface area contributed by atoms with Gasteiger partial charge in [0.15, 0.2) is 0 Å². The van der Waals surface area contributed by atoms with Gasteiger partial charge >= 0.3 is 5.97 Å². The minimum Gasteiger partial charge on any atom is -0.481 e. The van der Waals surface area contributed by atoms with E-state index in [9.17, 15) is 9.90 Å². The van der Waals surface area contributed by atoms with Gasteiger partial charge in [0.2, 0.25) is 0 Å². The molecule has 0 aromatic heterocycles. The summed E-state index contributed by atoms with van der Waals surface area (Å²) in [6, 6.07) is 0. The maximum Gasteiger partial charge on any atom is 0.310 e. The third-order valence-corrected chi connectivity index (χ3v) is 3.92. The van der Waals surface area contributed by atoms with Crippen LogP contribution in [0.1, 0.15) is 32.1 Å². The molecule has 0 aromatic carbocycles. The van der Waals surface area contributed by atoms with Gasteiger partial charge in [-0.15, -0.1) is 0 Å². The average Bonchev–Trinajstić information content (AvgIpc) is 2.91. The van der Waals surface area contributed by atoms with Gasteiger partial charge in [-0.25, -0.2) is 0 Å². The van der Waals surface area contributed by atoms with Crippen LogP contribution in [0.15, 0.2) is 0 Å². The molecule has 1 heterocycles. The molecule has 0 amide bonds. The number of carboxylic acid groups (broad SMARTS) is 1. The smallest absolute Gasteiger partial charge is 0.310 e. The Balaban J connectivity index is 2.00. The van der Waals surface area contributed by atoms with E-state index >= 15 is 0 Å². The number of aliphatic carboxylic acids is 1. The molecule has 4 heteroatoms. The molecule has 0 radical (unpaired) electrons. The molecule has 1 saturated heterocycles. The van der Waals surface area contributed by atoms with Crippen LogP contribution in [-0.4, -0.2) is 30.8 Å². The molecule has 2 fully saturated rings. The Bertz CT molecular complexity index is 259. The van der Waals surface area contributed by atoms with Crippen molar-refractivity contribution in [1.29, 1.82) is 0 Å². The molecule has 16 heavy (non-hydrogen) atoms. The van der Waals surface area contributed by atoms with Crippen molar-refractivity contribution in [3.8, 4) is 0 Å². The fourth-order valence-electron chi connectivity index (χ4n) is 2.68. The summed E-state index contributed by atoms with van der Waals surface area (Å²) in [5, 5.41) is 9.44. The first-order valence-electron chi connectivity index (χ1n) is 6.17. The first-order chi connectivity index (χ1) is 7.66. The SMILES string of the molecule is NCC(CC1CC1)(CC1CCOC1)C(=O)O. The lowest BCUT2D eigenvalue weighted by Crippen LogP contribution is -2.41. The van der Waals surface area contributed by atoms with Gasteiger partial charge in [-0.05, 0) is 31.1 Å². The van der Waals surface area contributed by atoms with Crippen molar-refractivity contribution in [1.82, 2.24) is 0 Å². The Morgan fingerprint density at radius 1 is 1.31 bits per heavy atom. The Morgan fingerprint density at radius 3 is 2.44 bits per heavy atom. The Hall–Kier alpha value is -0.610. The monoisotopic (exact) mass is 227 g/mol. The number of carbonyl (C=O) groups is 1. The molecule has 0 bridgehead atoms. The molecule has 2 aliphatic rings. The summed E-state index contributed by atoms with van der Waals surface area (Å²) in [5.74, 6) is 0.272. The second-order valence-corrected chi connectivity index (χ2v) is 5.37. The van der Waals surface area contributed by atoms with Crippen molar-refractivity contribution >= 4 is 5.97 Å². The van der Waals surface area contributed by atoms with E-state index in [2.05, 4.69) is 0 Å². The Kier molecular flexibility index (Phi) is 3.50. The quantitative estimate of drug-likeness (QED) is 0.716. The molecule has 1 aliphatic heterocycles. The summed E-state index contributed by atoms with van der Waals surface area (Å²) in [6.45, 7) is 1.74. The van der Waals surface area contributed by atoms with E-state index in [0.29, 0.717) is 24.9 Å². The molecule has 3 N–H and O–H groups in total. The van der Waals surface area contributed by atoms with E-state index < -0.39 is 11.4 Å². The van der Waals surface area contributed by atoms with Crippen LogP contribution < -0.4 is 5.73 Å². The number of hydrogen-bond acceptors (Lipinski definition) is 3. The maximum atomic E-state index is 11.5. The third-order valence-electron chi connectivity index (χ3n) is 3.92. The average molecular weight is 227 g/mol. The summed E-state index contributed by atoms with van der Waals surface area (Å²) in [6.07, 6.45) is 4.79. The molecule has 0 aromatic rings. The van der Waals surface area contributed by atoms with Crippen molar-refractivity contribution in [2.24, 2.45) is 23.0 Å². The molecule has 92 valence electrons. The van der Waals surface area contributed by atoms with Gasteiger partial charge in [0.25, 0.3) is 0 Å². The summed E-state index contributed by atoms with van der Waals surface area (Å²) >= 11 is 0. The lowest BCUT2D eigenvalue weighted by atomic mass is 9.75. The molecule has 1 aliphatic carbocycles. The van der Waals surface area contributed by atoms with E-state index in [1.54, 1.807) is 0 Å². The van der Waals surface area contributed by atoms with E-state index in [-0.39, 0.29) is 6.54 Å². The highest BCUT2D eigenvalue weighted by Gasteiger charge is 2.44. The number of ether oxygens (including phenoxy) is 1. The zero-order valence-electron chi connectivity index (χ0n) is 9.65. The minimum absolute atomic E-state index is 0.259. The van der Waals surface area contributed by atoms with E-state index in [1.807, 2.05) is 0 Å². The molecular weight excluding hydrogens is 206 g/mol. The van der Waals surface area contributed by atoms with Crippen molar-refractivity contribution in [3.63, 3.8) is 0 Å². The molecule has 0 spiro atoms. The standard InChI is InChI=1S/C12H21NO3/c13-8-12(11(14)15,5-9-1-2-9)6-10-3-4-16-7-10/h9-10H,1-8,13H2,(H,14,15). The topological polar surface area (TPSA) is 72.5 Å². The van der Waals surface area contributed by atoms with Crippen molar-refractivity contribution < 1.29 is 14.6 Å². The summed E-state index contributed by atoms with van der Waals surface area (Å²) < 4.78 is 5.31. The minimum atomic E-state index is -0.714. The van der Waals surface area contributed by atoms with Crippen molar-refractivity contribution in [2.75, 3.05) is 19.8 Å². The number of carboxylic acids is 1. The lowest BCUT2D eigenvalue weighted by Gasteiger charge is -2.30. The number of rotatable bonds is 6. The normalized spacial score (nSPS) is 28.9. The maximum absolute atomic E-state index is 11.5. The highest BCUT2D eigenvalue weighted by Crippen LogP contribution is 2.44. The van der Waals surface area contributed by atoms with Gasteiger partial charge in [0, 0.05) is 19.8 Å². The lowest BCUT2D eigenvalue weighted by molar-refractivity contribution is -0.150. The first kappa shape index (κ1) is 11.9. The highest BCUT2D eigenvalue weighted by molar-refractivity contribution is 5.75. The first-order valence-corrected chi connectivity index (χ1v) is 6.17. The largest absolute Gasteiger partial charge is 0.481 e. The molecule has 4 nitrogen and oxygen atoms in total. The summed E-state index contributed by atoms with van der Waals surface area (Å²) in [5.41, 5.74) is 5.05. The van der Waals surface area contributed by atoms with Crippen LogP contribution in [0.4, 0.5) is 0 Å². The zero-order chi connectivity index (χ0) is 11.6. The molecule has 1 saturated carbocycles. The van der Waals surface area contributed by atoms with Gasteiger partial charge in [0.1, 0.15) is 0 Å². The Labute approximate surface area is 96.2 Å². The van der Waals surface area contributed by atoms with Crippen molar-refractivity contribution in [2.45, 2.75) is 32.1 Å². The molecule has 2 atom stereocenters. The molecule has 2 rings (SSSR count). The van der Waals surface area contributed by atoms with Gasteiger partial charge in [0.05, 0.1) is 5.41 Å². The van der Waals surface area contributed by atoms with Gasteiger partial charge in [-0.3, -0.25) is 4.79 Å². The van der Waals surface area contributed by atoms with Crippen LogP contribution in [-0.2, 0) is 9.53 Å². The predicted molar refractivity (Wildman–Crippen MR) is 60.0 cm³/mol. The van der Waals surface area contributed by atoms with Crippen LogP contribution in [0, 0.1) is 17.3 Å². The van der Waals surface area contributed by atoms with Gasteiger partial charge < -0.3 is 15.6 Å². The number of hydrogen-bond donors (Lipinski definition) is 2. The predicted octanol–water partition coefficient (Wildman–Crippen LogP) is 1.24. The van der Waals surface area contributed by atoms with Gasteiger partial charge in [-0.1, -0.05) is 12.8 Å². The van der Waals surface area contributed by atoms with E-state index in [1.165, 1.54) is 12.8 Å². The van der Waals surface area contributed by atoms with Gasteiger partial charge in [-0.2, -0.15) is 0 Å². The van der Waals surface area contributed by atoms with Crippen LogP contribution in [0.5, 0.6) is 0 Å². The van der Waals surface area contributed by atoms with Crippen LogP contribution >= 0.6 is 0 Å². The third kappa shape index (κ3) is 2.55. The highest BCUT2D eigenvalue weighted by atomic mass is 16.5.